The van der Waals surface area contributed by atoms with Crippen LogP contribution in [0.25, 0.3) is 22.2 Å². The minimum Gasteiger partial charge on any atom is -0.338 e. The molecule has 0 aliphatic heterocycles. The van der Waals surface area contributed by atoms with E-state index < -0.39 is 0 Å². The van der Waals surface area contributed by atoms with E-state index in [4.69, 9.17) is 4.98 Å². The van der Waals surface area contributed by atoms with Crippen LogP contribution < -0.4 is 10.6 Å². The maximum Gasteiger partial charge on any atom is 0.319 e. The molecular formula is C25H27N5O. The summed E-state index contributed by atoms with van der Waals surface area (Å²) in [6.07, 6.45) is 2.60. The monoisotopic (exact) mass is 413 g/mol. The number of aromatic nitrogens is 3. The second kappa shape index (κ2) is 8.60. The lowest BCUT2D eigenvalue weighted by molar-refractivity contribution is 0.252. The summed E-state index contributed by atoms with van der Waals surface area (Å²) < 4.78 is 0. The molecule has 0 spiro atoms. The number of urea groups is 1. The van der Waals surface area contributed by atoms with Crippen molar-refractivity contribution in [2.75, 3.05) is 11.9 Å². The van der Waals surface area contributed by atoms with Crippen LogP contribution in [0, 0.1) is 0 Å². The highest BCUT2D eigenvalue weighted by Crippen LogP contribution is 2.32. The number of anilines is 1. The highest BCUT2D eigenvalue weighted by Gasteiger charge is 2.19. The Morgan fingerprint density at radius 3 is 2.48 bits per heavy atom. The molecule has 0 aliphatic rings. The van der Waals surface area contributed by atoms with Gasteiger partial charge in [-0.15, -0.1) is 0 Å². The molecule has 2 aromatic heterocycles. The van der Waals surface area contributed by atoms with E-state index >= 15 is 0 Å². The molecule has 2 aromatic carbocycles. The van der Waals surface area contributed by atoms with Crippen molar-refractivity contribution in [3.05, 3.63) is 78.1 Å². The van der Waals surface area contributed by atoms with Crippen molar-refractivity contribution in [2.45, 2.75) is 32.6 Å². The zero-order valence-corrected chi connectivity index (χ0v) is 18.1. The number of H-pyrrole nitrogens is 1. The Kier molecular flexibility index (Phi) is 5.71. The number of carbonyl (C=O) groups is 1. The van der Waals surface area contributed by atoms with Crippen molar-refractivity contribution in [3.63, 3.8) is 0 Å². The maximum atomic E-state index is 12.2. The van der Waals surface area contributed by atoms with Gasteiger partial charge in [-0.3, -0.25) is 5.10 Å². The summed E-state index contributed by atoms with van der Waals surface area (Å²) in [5.41, 5.74) is 5.77. The van der Waals surface area contributed by atoms with E-state index in [2.05, 4.69) is 59.8 Å². The van der Waals surface area contributed by atoms with Crippen LogP contribution in [0.4, 0.5) is 10.5 Å². The van der Waals surface area contributed by atoms with E-state index in [9.17, 15) is 4.79 Å². The van der Waals surface area contributed by atoms with Crippen LogP contribution in [0.1, 0.15) is 32.0 Å². The van der Waals surface area contributed by atoms with E-state index in [1.54, 1.807) is 6.20 Å². The number of nitrogens with one attached hydrogen (secondary N) is 3. The Hall–Kier alpha value is -3.67. The summed E-state index contributed by atoms with van der Waals surface area (Å²) >= 11 is 0. The molecule has 158 valence electrons. The predicted molar refractivity (Wildman–Crippen MR) is 125 cm³/mol. The van der Waals surface area contributed by atoms with Gasteiger partial charge >= 0.3 is 6.03 Å². The summed E-state index contributed by atoms with van der Waals surface area (Å²) in [6, 6.07) is 19.9. The number of pyridine rings is 1. The fourth-order valence-corrected chi connectivity index (χ4v) is 3.43. The zero-order valence-electron chi connectivity index (χ0n) is 18.1. The topological polar surface area (TPSA) is 82.7 Å². The van der Waals surface area contributed by atoms with Crippen LogP contribution in [0.15, 0.2) is 66.9 Å². The Balaban J connectivity index is 1.45. The van der Waals surface area contributed by atoms with Crippen LogP contribution in [0.2, 0.25) is 0 Å². The average molecular weight is 414 g/mol. The molecule has 0 radical (unpaired) electrons. The number of aromatic amines is 1. The zero-order chi connectivity index (χ0) is 21.8. The molecule has 0 saturated carbocycles. The molecule has 6 heteroatoms. The van der Waals surface area contributed by atoms with E-state index in [0.717, 1.165) is 40.0 Å². The Labute approximate surface area is 182 Å². The van der Waals surface area contributed by atoms with Crippen LogP contribution in [0.5, 0.6) is 0 Å². The fourth-order valence-electron chi connectivity index (χ4n) is 3.43. The normalized spacial score (nSPS) is 11.5. The average Bonchev–Trinajstić information content (AvgIpc) is 3.23. The quantitative estimate of drug-likeness (QED) is 0.416. The Bertz CT molecular complexity index is 1170. The number of nitrogens with zero attached hydrogens (tertiary/aromatic N) is 2. The molecule has 6 nitrogen and oxygen atoms in total. The summed E-state index contributed by atoms with van der Waals surface area (Å²) in [7, 11) is 0. The first-order chi connectivity index (χ1) is 14.9. The third kappa shape index (κ3) is 4.91. The molecule has 4 aromatic rings. The number of amides is 2. The fraction of sp³-hybridized carbons (Fsp3) is 0.240. The lowest BCUT2D eigenvalue weighted by atomic mass is 9.89. The van der Waals surface area contributed by atoms with Crippen LogP contribution in [-0.2, 0) is 11.8 Å². The van der Waals surface area contributed by atoms with Crippen molar-refractivity contribution in [2.24, 2.45) is 0 Å². The van der Waals surface area contributed by atoms with Gasteiger partial charge in [0.1, 0.15) is 0 Å². The van der Waals surface area contributed by atoms with Crippen molar-refractivity contribution in [1.82, 2.24) is 20.5 Å². The number of benzene rings is 2. The van der Waals surface area contributed by atoms with E-state index in [-0.39, 0.29) is 11.4 Å². The SMILES string of the molecule is CC(C)(C)c1cc(-c2ccc(NC(=O)NCCc3ccccc3)cc2)c2cn[nH]c2n1. The minimum absolute atomic E-state index is 0.0760. The molecular weight excluding hydrogens is 386 g/mol. The molecule has 4 rings (SSSR count). The number of carbonyl (C=O) groups excluding carboxylic acids is 1. The molecule has 2 heterocycles. The second-order valence-corrected chi connectivity index (χ2v) is 8.63. The standard InChI is InChI=1S/C25H27N5O/c1-25(2,3)22-15-20(21-16-27-30-23(21)29-22)18-9-11-19(12-10-18)28-24(31)26-14-13-17-7-5-4-6-8-17/h4-12,15-16H,13-14H2,1-3H3,(H2,26,28,31)(H,27,29,30). The molecule has 0 atom stereocenters. The summed E-state index contributed by atoms with van der Waals surface area (Å²) in [5, 5.41) is 13.9. The summed E-state index contributed by atoms with van der Waals surface area (Å²) in [6.45, 7) is 7.01. The molecule has 0 fully saturated rings. The molecule has 0 saturated heterocycles. The minimum atomic E-state index is -0.208. The van der Waals surface area contributed by atoms with E-state index in [0.29, 0.717) is 6.54 Å². The van der Waals surface area contributed by atoms with Crippen molar-refractivity contribution < 1.29 is 4.79 Å². The Morgan fingerprint density at radius 2 is 1.77 bits per heavy atom. The van der Waals surface area contributed by atoms with Gasteiger partial charge in [0.05, 0.1) is 6.20 Å². The van der Waals surface area contributed by atoms with Gasteiger partial charge in [-0.05, 0) is 41.3 Å². The van der Waals surface area contributed by atoms with Crippen LogP contribution in [0.3, 0.4) is 0 Å². The van der Waals surface area contributed by atoms with Crippen molar-refractivity contribution >= 4 is 22.8 Å². The molecule has 31 heavy (non-hydrogen) atoms. The van der Waals surface area contributed by atoms with Crippen molar-refractivity contribution in [1.29, 1.82) is 0 Å². The molecule has 0 unspecified atom stereocenters. The molecule has 2 amide bonds. The molecule has 3 N–H and O–H groups in total. The summed E-state index contributed by atoms with van der Waals surface area (Å²) in [5.74, 6) is 0. The van der Waals surface area contributed by atoms with Gasteiger partial charge in [0.25, 0.3) is 0 Å². The smallest absolute Gasteiger partial charge is 0.319 e. The number of hydrogen-bond acceptors (Lipinski definition) is 3. The lowest BCUT2D eigenvalue weighted by Gasteiger charge is -2.19. The summed E-state index contributed by atoms with van der Waals surface area (Å²) in [4.78, 5) is 16.9. The van der Waals surface area contributed by atoms with Gasteiger partial charge in [-0.2, -0.15) is 5.10 Å². The van der Waals surface area contributed by atoms with Crippen molar-refractivity contribution in [3.8, 4) is 11.1 Å². The first-order valence-electron chi connectivity index (χ1n) is 10.4. The lowest BCUT2D eigenvalue weighted by Crippen LogP contribution is -2.30. The maximum absolute atomic E-state index is 12.2. The van der Waals surface area contributed by atoms with Gasteiger partial charge in [0.15, 0.2) is 5.65 Å². The van der Waals surface area contributed by atoms with Gasteiger partial charge in [-0.25, -0.2) is 9.78 Å². The number of hydrogen-bond donors (Lipinski definition) is 3. The van der Waals surface area contributed by atoms with Gasteiger partial charge in [0, 0.05) is 28.7 Å². The highest BCUT2D eigenvalue weighted by atomic mass is 16.2. The Morgan fingerprint density at radius 1 is 1.03 bits per heavy atom. The predicted octanol–water partition coefficient (Wildman–Crippen LogP) is 5.29. The van der Waals surface area contributed by atoms with Gasteiger partial charge < -0.3 is 10.6 Å². The van der Waals surface area contributed by atoms with Gasteiger partial charge in [0.2, 0.25) is 0 Å². The third-order valence-electron chi connectivity index (χ3n) is 5.19. The number of fused-ring (bicyclic) bond motifs is 1. The van der Waals surface area contributed by atoms with E-state index in [1.165, 1.54) is 5.56 Å². The second-order valence-electron chi connectivity index (χ2n) is 8.63. The first-order valence-corrected chi connectivity index (χ1v) is 10.4. The largest absolute Gasteiger partial charge is 0.338 e. The van der Waals surface area contributed by atoms with E-state index in [1.807, 2.05) is 42.5 Å². The van der Waals surface area contributed by atoms with Gasteiger partial charge in [-0.1, -0.05) is 63.2 Å². The van der Waals surface area contributed by atoms with Crippen LogP contribution >= 0.6 is 0 Å². The molecule has 0 aliphatic carbocycles. The molecule has 0 bridgehead atoms. The third-order valence-corrected chi connectivity index (χ3v) is 5.19. The highest BCUT2D eigenvalue weighted by molar-refractivity contribution is 5.94. The number of rotatable bonds is 5. The van der Waals surface area contributed by atoms with Crippen LogP contribution in [-0.4, -0.2) is 27.8 Å². The first kappa shape index (κ1) is 20.6.